The lowest BCUT2D eigenvalue weighted by Crippen LogP contribution is -2.42. The minimum atomic E-state index is 0.706. The van der Waals surface area contributed by atoms with Gasteiger partial charge in [0.2, 0.25) is 0 Å². The van der Waals surface area contributed by atoms with E-state index in [1.807, 2.05) is 12.1 Å². The third-order valence-corrected chi connectivity index (χ3v) is 3.77. The SMILES string of the molecule is CCNC(=NCCc1ccco1)N(C)CC1CCOCC1. The lowest BCUT2D eigenvalue weighted by atomic mass is 10.00. The van der Waals surface area contributed by atoms with E-state index in [0.717, 1.165) is 63.8 Å². The predicted molar refractivity (Wildman–Crippen MR) is 84.6 cm³/mol. The summed E-state index contributed by atoms with van der Waals surface area (Å²) in [5.74, 6) is 2.68. The van der Waals surface area contributed by atoms with Crippen LogP contribution in [0.25, 0.3) is 0 Å². The summed E-state index contributed by atoms with van der Waals surface area (Å²) in [7, 11) is 2.11. The lowest BCUT2D eigenvalue weighted by molar-refractivity contribution is 0.0610. The molecule has 1 aromatic rings. The summed E-state index contributed by atoms with van der Waals surface area (Å²) in [5, 5.41) is 3.37. The van der Waals surface area contributed by atoms with Crippen molar-refractivity contribution in [2.24, 2.45) is 10.9 Å². The fraction of sp³-hybridized carbons (Fsp3) is 0.688. The normalized spacial score (nSPS) is 17.0. The van der Waals surface area contributed by atoms with E-state index in [-0.39, 0.29) is 0 Å². The molecule has 5 nitrogen and oxygen atoms in total. The van der Waals surface area contributed by atoms with Gasteiger partial charge in [0.1, 0.15) is 5.76 Å². The molecule has 0 aromatic carbocycles. The summed E-state index contributed by atoms with van der Waals surface area (Å²) in [4.78, 5) is 6.93. The predicted octanol–water partition coefficient (Wildman–Crippen LogP) is 2.15. The van der Waals surface area contributed by atoms with Gasteiger partial charge >= 0.3 is 0 Å². The smallest absolute Gasteiger partial charge is 0.193 e. The van der Waals surface area contributed by atoms with E-state index < -0.39 is 0 Å². The van der Waals surface area contributed by atoms with Crippen LogP contribution in [0.5, 0.6) is 0 Å². The zero-order chi connectivity index (χ0) is 14.9. The molecule has 0 atom stereocenters. The summed E-state index contributed by atoms with van der Waals surface area (Å²) >= 11 is 0. The van der Waals surface area contributed by atoms with Crippen molar-refractivity contribution in [3.05, 3.63) is 24.2 Å². The highest BCUT2D eigenvalue weighted by atomic mass is 16.5. The van der Waals surface area contributed by atoms with E-state index in [1.165, 1.54) is 0 Å². The molecule has 0 aliphatic carbocycles. The van der Waals surface area contributed by atoms with Crippen LogP contribution in [0.2, 0.25) is 0 Å². The van der Waals surface area contributed by atoms with E-state index in [9.17, 15) is 0 Å². The van der Waals surface area contributed by atoms with Crippen molar-refractivity contribution in [2.45, 2.75) is 26.2 Å². The van der Waals surface area contributed by atoms with Crippen LogP contribution in [0.4, 0.5) is 0 Å². The minimum Gasteiger partial charge on any atom is -0.469 e. The highest BCUT2D eigenvalue weighted by Gasteiger charge is 2.17. The van der Waals surface area contributed by atoms with E-state index in [1.54, 1.807) is 6.26 Å². The molecule has 1 fully saturated rings. The van der Waals surface area contributed by atoms with Crippen LogP contribution in [0.3, 0.4) is 0 Å². The molecular formula is C16H27N3O2. The Morgan fingerprint density at radius 3 is 2.90 bits per heavy atom. The number of hydrogen-bond acceptors (Lipinski definition) is 3. The van der Waals surface area contributed by atoms with Crippen LogP contribution in [0.15, 0.2) is 27.8 Å². The Morgan fingerprint density at radius 1 is 1.43 bits per heavy atom. The monoisotopic (exact) mass is 293 g/mol. The topological polar surface area (TPSA) is 50.0 Å². The minimum absolute atomic E-state index is 0.706. The average molecular weight is 293 g/mol. The number of nitrogens with zero attached hydrogens (tertiary/aromatic N) is 2. The maximum absolute atomic E-state index is 5.42. The van der Waals surface area contributed by atoms with Gasteiger partial charge in [-0.1, -0.05) is 0 Å². The van der Waals surface area contributed by atoms with Crippen molar-refractivity contribution in [1.29, 1.82) is 0 Å². The van der Waals surface area contributed by atoms with Crippen molar-refractivity contribution in [3.8, 4) is 0 Å². The summed E-state index contributed by atoms with van der Waals surface area (Å²) in [5.41, 5.74) is 0. The van der Waals surface area contributed by atoms with Gasteiger partial charge in [0.15, 0.2) is 5.96 Å². The number of hydrogen-bond donors (Lipinski definition) is 1. The maximum atomic E-state index is 5.42. The van der Waals surface area contributed by atoms with Crippen LogP contribution in [-0.2, 0) is 11.2 Å². The molecule has 0 spiro atoms. The molecule has 1 saturated heterocycles. The van der Waals surface area contributed by atoms with Gasteiger partial charge < -0.3 is 19.4 Å². The number of guanidine groups is 1. The quantitative estimate of drug-likeness (QED) is 0.645. The van der Waals surface area contributed by atoms with Crippen molar-refractivity contribution in [3.63, 3.8) is 0 Å². The van der Waals surface area contributed by atoms with E-state index in [2.05, 4.69) is 24.2 Å². The fourth-order valence-electron chi connectivity index (χ4n) is 2.60. The first-order valence-electron chi connectivity index (χ1n) is 7.89. The standard InChI is InChI=1S/C16H27N3O2/c1-3-17-16(18-9-6-15-5-4-10-21-15)19(2)13-14-7-11-20-12-8-14/h4-5,10,14H,3,6-9,11-13H2,1-2H3,(H,17,18). The summed E-state index contributed by atoms with van der Waals surface area (Å²) in [6.45, 7) is 6.56. The zero-order valence-electron chi connectivity index (χ0n) is 13.2. The van der Waals surface area contributed by atoms with Crippen LogP contribution in [0, 0.1) is 5.92 Å². The summed E-state index contributed by atoms with van der Waals surface area (Å²) in [6.07, 6.45) is 4.85. The molecule has 0 saturated carbocycles. The van der Waals surface area contributed by atoms with Gasteiger partial charge in [0, 0.05) is 46.3 Å². The van der Waals surface area contributed by atoms with Crippen molar-refractivity contribution < 1.29 is 9.15 Å². The second-order valence-electron chi connectivity index (χ2n) is 5.50. The first-order valence-corrected chi connectivity index (χ1v) is 7.89. The average Bonchev–Trinajstić information content (AvgIpc) is 3.00. The molecule has 21 heavy (non-hydrogen) atoms. The van der Waals surface area contributed by atoms with Gasteiger partial charge in [-0.05, 0) is 37.8 Å². The third-order valence-electron chi connectivity index (χ3n) is 3.77. The van der Waals surface area contributed by atoms with Crippen molar-refractivity contribution >= 4 is 5.96 Å². The Balaban J connectivity index is 1.83. The number of rotatable bonds is 6. The summed E-state index contributed by atoms with van der Waals surface area (Å²) < 4.78 is 10.8. The molecule has 0 radical (unpaired) electrons. The highest BCUT2D eigenvalue weighted by Crippen LogP contribution is 2.15. The number of aliphatic imine (C=N–C) groups is 1. The fourth-order valence-corrected chi connectivity index (χ4v) is 2.60. The molecule has 2 rings (SSSR count). The van der Waals surface area contributed by atoms with E-state index in [0.29, 0.717) is 5.92 Å². The Kier molecular flexibility index (Phi) is 6.60. The van der Waals surface area contributed by atoms with Gasteiger partial charge in [-0.2, -0.15) is 0 Å². The van der Waals surface area contributed by atoms with Crippen LogP contribution in [-0.4, -0.2) is 50.8 Å². The first-order chi connectivity index (χ1) is 10.3. The third kappa shape index (κ3) is 5.42. The number of nitrogens with one attached hydrogen (secondary N) is 1. The van der Waals surface area contributed by atoms with E-state index >= 15 is 0 Å². The Hall–Kier alpha value is -1.49. The molecule has 1 N–H and O–H groups in total. The van der Waals surface area contributed by atoms with Crippen LogP contribution < -0.4 is 5.32 Å². The van der Waals surface area contributed by atoms with Gasteiger partial charge in [0.05, 0.1) is 6.26 Å². The molecule has 1 aromatic heterocycles. The molecular weight excluding hydrogens is 266 g/mol. The first kappa shape index (κ1) is 15.9. The van der Waals surface area contributed by atoms with Gasteiger partial charge in [-0.25, -0.2) is 0 Å². The van der Waals surface area contributed by atoms with Crippen molar-refractivity contribution in [2.75, 3.05) is 39.9 Å². The molecule has 0 amide bonds. The van der Waals surface area contributed by atoms with E-state index in [4.69, 9.17) is 14.1 Å². The van der Waals surface area contributed by atoms with Gasteiger partial charge in [-0.15, -0.1) is 0 Å². The molecule has 1 aliphatic heterocycles. The molecule has 0 bridgehead atoms. The number of ether oxygens (including phenoxy) is 1. The highest BCUT2D eigenvalue weighted by molar-refractivity contribution is 5.79. The summed E-state index contributed by atoms with van der Waals surface area (Å²) in [6, 6.07) is 3.91. The molecule has 0 unspecified atom stereocenters. The Bertz CT molecular complexity index is 411. The largest absolute Gasteiger partial charge is 0.469 e. The van der Waals surface area contributed by atoms with Gasteiger partial charge in [0.25, 0.3) is 0 Å². The molecule has 1 aliphatic rings. The van der Waals surface area contributed by atoms with Crippen LogP contribution in [0.1, 0.15) is 25.5 Å². The second kappa shape index (κ2) is 8.72. The van der Waals surface area contributed by atoms with Crippen molar-refractivity contribution in [1.82, 2.24) is 10.2 Å². The second-order valence-corrected chi connectivity index (χ2v) is 5.50. The Labute approximate surface area is 127 Å². The van der Waals surface area contributed by atoms with Crippen LogP contribution >= 0.6 is 0 Å². The molecule has 118 valence electrons. The lowest BCUT2D eigenvalue weighted by Gasteiger charge is -2.29. The zero-order valence-corrected chi connectivity index (χ0v) is 13.2. The Morgan fingerprint density at radius 2 is 2.24 bits per heavy atom. The number of furan rings is 1. The maximum Gasteiger partial charge on any atom is 0.193 e. The molecule has 2 heterocycles. The van der Waals surface area contributed by atoms with Gasteiger partial charge in [-0.3, -0.25) is 4.99 Å². The molecule has 5 heteroatoms.